The van der Waals surface area contributed by atoms with Gasteiger partial charge in [0.1, 0.15) is 18.1 Å². The standard InChI is InChI=1S/C20H27N5O3/c1-27-17-3-5-18(6-4-17)28-16-10-21-19(26)7-11-24-12-14-25(15-13-24)20-22-8-2-9-23-20/h2-6,8-9H,7,10-16H2,1H3,(H,21,26). The summed E-state index contributed by atoms with van der Waals surface area (Å²) in [5, 5.41) is 2.90. The first-order chi connectivity index (χ1) is 13.7. The number of methoxy groups -OCH3 is 1. The van der Waals surface area contributed by atoms with Gasteiger partial charge >= 0.3 is 0 Å². The zero-order valence-electron chi connectivity index (χ0n) is 16.2. The van der Waals surface area contributed by atoms with E-state index in [9.17, 15) is 4.79 Å². The van der Waals surface area contributed by atoms with Crippen molar-refractivity contribution in [2.45, 2.75) is 6.42 Å². The smallest absolute Gasteiger partial charge is 0.225 e. The van der Waals surface area contributed by atoms with Crippen LogP contribution in [0.25, 0.3) is 0 Å². The van der Waals surface area contributed by atoms with E-state index < -0.39 is 0 Å². The van der Waals surface area contributed by atoms with Gasteiger partial charge in [-0.25, -0.2) is 9.97 Å². The van der Waals surface area contributed by atoms with E-state index >= 15 is 0 Å². The summed E-state index contributed by atoms with van der Waals surface area (Å²) in [6.07, 6.45) is 4.01. The summed E-state index contributed by atoms with van der Waals surface area (Å²) < 4.78 is 10.7. The number of benzene rings is 1. The molecular formula is C20H27N5O3. The van der Waals surface area contributed by atoms with Crippen molar-refractivity contribution in [3.8, 4) is 11.5 Å². The summed E-state index contributed by atoms with van der Waals surface area (Å²) in [6, 6.07) is 9.21. The zero-order chi connectivity index (χ0) is 19.6. The average molecular weight is 385 g/mol. The maximum Gasteiger partial charge on any atom is 0.225 e. The van der Waals surface area contributed by atoms with E-state index in [4.69, 9.17) is 9.47 Å². The van der Waals surface area contributed by atoms with Gasteiger partial charge in [0.15, 0.2) is 0 Å². The predicted octanol–water partition coefficient (Wildman–Crippen LogP) is 1.19. The molecule has 1 fully saturated rings. The number of hydrogen-bond donors (Lipinski definition) is 1. The molecule has 0 bridgehead atoms. The van der Waals surface area contributed by atoms with E-state index in [2.05, 4.69) is 25.1 Å². The highest BCUT2D eigenvalue weighted by Gasteiger charge is 2.18. The number of carbonyl (C=O) groups excluding carboxylic acids is 1. The van der Waals surface area contributed by atoms with Crippen LogP contribution in [0.2, 0.25) is 0 Å². The van der Waals surface area contributed by atoms with Gasteiger partial charge in [-0.1, -0.05) is 0 Å². The highest BCUT2D eigenvalue weighted by Crippen LogP contribution is 2.16. The Morgan fingerprint density at radius 3 is 2.43 bits per heavy atom. The molecule has 1 aliphatic heterocycles. The molecule has 0 spiro atoms. The van der Waals surface area contributed by atoms with Gasteiger partial charge in [0.05, 0.1) is 13.7 Å². The Morgan fingerprint density at radius 2 is 1.75 bits per heavy atom. The minimum absolute atomic E-state index is 0.0483. The molecule has 1 amide bonds. The molecule has 0 unspecified atom stereocenters. The second-order valence-electron chi connectivity index (χ2n) is 6.50. The summed E-state index contributed by atoms with van der Waals surface area (Å²) in [5.41, 5.74) is 0. The summed E-state index contributed by atoms with van der Waals surface area (Å²) in [5.74, 6) is 2.37. The molecule has 0 saturated carbocycles. The second-order valence-corrected chi connectivity index (χ2v) is 6.50. The van der Waals surface area contributed by atoms with Crippen LogP contribution in [-0.2, 0) is 4.79 Å². The van der Waals surface area contributed by atoms with E-state index in [1.807, 2.05) is 30.3 Å². The number of aromatic nitrogens is 2. The number of nitrogens with one attached hydrogen (secondary N) is 1. The van der Waals surface area contributed by atoms with Crippen molar-refractivity contribution < 1.29 is 14.3 Å². The molecule has 150 valence electrons. The molecule has 1 saturated heterocycles. The Hall–Kier alpha value is -2.87. The fourth-order valence-electron chi connectivity index (χ4n) is 3.01. The third kappa shape index (κ3) is 6.09. The van der Waals surface area contributed by atoms with Crippen LogP contribution in [0.4, 0.5) is 5.95 Å². The summed E-state index contributed by atoms with van der Waals surface area (Å²) in [4.78, 5) is 25.1. The van der Waals surface area contributed by atoms with Gasteiger partial charge < -0.3 is 19.7 Å². The Morgan fingerprint density at radius 1 is 1.07 bits per heavy atom. The van der Waals surface area contributed by atoms with Crippen LogP contribution in [0.3, 0.4) is 0 Å². The molecule has 3 rings (SSSR count). The minimum Gasteiger partial charge on any atom is -0.497 e. The Labute approximate surface area is 165 Å². The summed E-state index contributed by atoms with van der Waals surface area (Å²) in [7, 11) is 1.63. The van der Waals surface area contributed by atoms with Crippen LogP contribution in [0.5, 0.6) is 11.5 Å². The third-order valence-corrected chi connectivity index (χ3v) is 4.61. The van der Waals surface area contributed by atoms with Crippen LogP contribution in [0.1, 0.15) is 6.42 Å². The van der Waals surface area contributed by atoms with Crippen LogP contribution < -0.4 is 19.7 Å². The molecular weight excluding hydrogens is 358 g/mol. The lowest BCUT2D eigenvalue weighted by atomic mass is 10.3. The van der Waals surface area contributed by atoms with Gasteiger partial charge in [0.25, 0.3) is 0 Å². The van der Waals surface area contributed by atoms with Crippen molar-refractivity contribution in [1.82, 2.24) is 20.2 Å². The highest BCUT2D eigenvalue weighted by molar-refractivity contribution is 5.76. The molecule has 1 aliphatic rings. The first-order valence-electron chi connectivity index (χ1n) is 9.52. The molecule has 2 aromatic rings. The van der Waals surface area contributed by atoms with Crippen LogP contribution in [-0.4, -0.2) is 73.8 Å². The van der Waals surface area contributed by atoms with E-state index in [-0.39, 0.29) is 5.91 Å². The normalized spacial score (nSPS) is 14.5. The van der Waals surface area contributed by atoms with Crippen molar-refractivity contribution in [3.63, 3.8) is 0 Å². The first kappa shape index (κ1) is 19.9. The Balaban J connectivity index is 1.26. The van der Waals surface area contributed by atoms with Gasteiger partial charge in [-0.15, -0.1) is 0 Å². The topological polar surface area (TPSA) is 79.8 Å². The maximum atomic E-state index is 12.0. The number of amides is 1. The molecule has 0 radical (unpaired) electrons. The monoisotopic (exact) mass is 385 g/mol. The lowest BCUT2D eigenvalue weighted by Gasteiger charge is -2.34. The second kappa shape index (κ2) is 10.5. The summed E-state index contributed by atoms with van der Waals surface area (Å²) >= 11 is 0. The van der Waals surface area contributed by atoms with Crippen molar-refractivity contribution in [2.75, 3.05) is 57.9 Å². The van der Waals surface area contributed by atoms with Gasteiger partial charge in [-0.05, 0) is 30.3 Å². The van der Waals surface area contributed by atoms with E-state index in [1.54, 1.807) is 19.5 Å². The number of rotatable bonds is 9. The zero-order valence-corrected chi connectivity index (χ0v) is 16.2. The average Bonchev–Trinajstić information content (AvgIpc) is 2.76. The molecule has 0 atom stereocenters. The third-order valence-electron chi connectivity index (χ3n) is 4.61. The predicted molar refractivity (Wildman–Crippen MR) is 107 cm³/mol. The highest BCUT2D eigenvalue weighted by atomic mass is 16.5. The van der Waals surface area contributed by atoms with Gasteiger partial charge in [0.2, 0.25) is 11.9 Å². The van der Waals surface area contributed by atoms with Crippen LogP contribution in [0.15, 0.2) is 42.7 Å². The lowest BCUT2D eigenvalue weighted by molar-refractivity contribution is -0.121. The fraction of sp³-hybridized carbons (Fsp3) is 0.450. The van der Waals surface area contributed by atoms with Crippen LogP contribution >= 0.6 is 0 Å². The lowest BCUT2D eigenvalue weighted by Crippen LogP contribution is -2.47. The maximum absolute atomic E-state index is 12.0. The molecule has 8 nitrogen and oxygen atoms in total. The fourth-order valence-corrected chi connectivity index (χ4v) is 3.01. The number of ether oxygens (including phenoxy) is 2. The van der Waals surface area contributed by atoms with Crippen molar-refractivity contribution >= 4 is 11.9 Å². The number of piperazine rings is 1. The van der Waals surface area contributed by atoms with Crippen molar-refractivity contribution in [2.24, 2.45) is 0 Å². The Kier molecular flexibility index (Phi) is 7.43. The van der Waals surface area contributed by atoms with Gasteiger partial charge in [-0.2, -0.15) is 0 Å². The summed E-state index contributed by atoms with van der Waals surface area (Å²) in [6.45, 7) is 5.26. The van der Waals surface area contributed by atoms with Crippen molar-refractivity contribution in [3.05, 3.63) is 42.7 Å². The van der Waals surface area contributed by atoms with E-state index in [1.165, 1.54) is 0 Å². The molecule has 2 heterocycles. The van der Waals surface area contributed by atoms with Crippen molar-refractivity contribution in [1.29, 1.82) is 0 Å². The van der Waals surface area contributed by atoms with Gasteiger partial charge in [-0.3, -0.25) is 9.69 Å². The molecule has 1 N–H and O–H groups in total. The largest absolute Gasteiger partial charge is 0.497 e. The quantitative estimate of drug-likeness (QED) is 0.650. The van der Waals surface area contributed by atoms with Gasteiger partial charge in [0, 0.05) is 51.5 Å². The SMILES string of the molecule is COc1ccc(OCCNC(=O)CCN2CCN(c3ncccn3)CC2)cc1. The molecule has 0 aliphatic carbocycles. The van der Waals surface area contributed by atoms with Crippen LogP contribution in [0, 0.1) is 0 Å². The van der Waals surface area contributed by atoms with E-state index in [0.29, 0.717) is 19.6 Å². The van der Waals surface area contributed by atoms with E-state index in [0.717, 1.165) is 50.2 Å². The number of hydrogen-bond acceptors (Lipinski definition) is 7. The number of nitrogens with zero attached hydrogens (tertiary/aromatic N) is 4. The minimum atomic E-state index is 0.0483. The molecule has 28 heavy (non-hydrogen) atoms. The first-order valence-corrected chi connectivity index (χ1v) is 9.52. The molecule has 1 aromatic carbocycles. The molecule has 1 aromatic heterocycles. The Bertz CT molecular complexity index is 718. The number of anilines is 1. The number of carbonyl (C=O) groups is 1. The molecule has 8 heteroatoms.